The third kappa shape index (κ3) is 3.26. The van der Waals surface area contributed by atoms with Gasteiger partial charge in [-0.1, -0.05) is 0 Å². The predicted octanol–water partition coefficient (Wildman–Crippen LogP) is 0.337. The van der Waals surface area contributed by atoms with Crippen molar-refractivity contribution in [3.05, 3.63) is 23.9 Å². The molecule has 0 aliphatic carbocycles. The van der Waals surface area contributed by atoms with E-state index in [4.69, 9.17) is 10.5 Å². The average molecular weight is 278 g/mol. The molecule has 1 aliphatic heterocycles. The van der Waals surface area contributed by atoms with Crippen LogP contribution in [0, 0.1) is 0 Å². The van der Waals surface area contributed by atoms with Crippen LogP contribution >= 0.6 is 0 Å². The summed E-state index contributed by atoms with van der Waals surface area (Å²) in [6, 6.07) is 3.88. The molecule has 110 valence electrons. The van der Waals surface area contributed by atoms with Crippen LogP contribution in [0.5, 0.6) is 0 Å². The Morgan fingerprint density at radius 2 is 2.30 bits per heavy atom. The second-order valence-electron chi connectivity index (χ2n) is 4.97. The van der Waals surface area contributed by atoms with E-state index in [0.29, 0.717) is 18.7 Å². The molecular formula is C14H22N4O2. The smallest absolute Gasteiger partial charge is 0.339 e. The first-order valence-corrected chi connectivity index (χ1v) is 6.94. The lowest BCUT2D eigenvalue weighted by molar-refractivity contribution is 0.0526. The lowest BCUT2D eigenvalue weighted by Gasteiger charge is -2.40. The molecule has 2 N–H and O–H groups in total. The Morgan fingerprint density at radius 3 is 2.90 bits per heavy atom. The Balaban J connectivity index is 2.10. The predicted molar refractivity (Wildman–Crippen MR) is 77.9 cm³/mol. The van der Waals surface area contributed by atoms with Crippen LogP contribution in [-0.4, -0.2) is 61.7 Å². The Bertz CT molecular complexity index is 449. The highest BCUT2D eigenvalue weighted by molar-refractivity contribution is 5.89. The third-order valence-corrected chi connectivity index (χ3v) is 3.51. The molecule has 1 unspecified atom stereocenters. The number of carbonyl (C=O) groups excluding carboxylic acids is 1. The Hall–Kier alpha value is -1.66. The molecule has 1 saturated heterocycles. The highest BCUT2D eigenvalue weighted by Crippen LogP contribution is 2.18. The minimum absolute atomic E-state index is 0.259. The van der Waals surface area contributed by atoms with Gasteiger partial charge in [0, 0.05) is 32.4 Å². The van der Waals surface area contributed by atoms with Gasteiger partial charge in [0.2, 0.25) is 0 Å². The van der Waals surface area contributed by atoms with Crippen molar-refractivity contribution in [2.75, 3.05) is 44.7 Å². The number of pyridine rings is 1. The number of piperazine rings is 1. The van der Waals surface area contributed by atoms with Crippen LogP contribution in [0.4, 0.5) is 5.82 Å². The Morgan fingerprint density at radius 1 is 1.50 bits per heavy atom. The van der Waals surface area contributed by atoms with E-state index in [1.165, 1.54) is 0 Å². The van der Waals surface area contributed by atoms with Gasteiger partial charge in [0.15, 0.2) is 0 Å². The van der Waals surface area contributed by atoms with E-state index in [9.17, 15) is 4.79 Å². The number of rotatable bonds is 4. The third-order valence-electron chi connectivity index (χ3n) is 3.51. The maximum absolute atomic E-state index is 11.6. The van der Waals surface area contributed by atoms with Crippen LogP contribution in [0.25, 0.3) is 0 Å². The van der Waals surface area contributed by atoms with Crippen LogP contribution in [0.1, 0.15) is 17.3 Å². The van der Waals surface area contributed by atoms with Crippen molar-refractivity contribution in [2.24, 2.45) is 5.73 Å². The first-order valence-electron chi connectivity index (χ1n) is 6.94. The summed E-state index contributed by atoms with van der Waals surface area (Å²) in [5, 5.41) is 0. The van der Waals surface area contributed by atoms with Crippen molar-refractivity contribution in [3.8, 4) is 0 Å². The zero-order valence-electron chi connectivity index (χ0n) is 12.1. The fraction of sp³-hybridized carbons (Fsp3) is 0.571. The van der Waals surface area contributed by atoms with Gasteiger partial charge in [0.05, 0.1) is 18.2 Å². The zero-order chi connectivity index (χ0) is 14.5. The van der Waals surface area contributed by atoms with E-state index in [0.717, 1.165) is 25.5 Å². The largest absolute Gasteiger partial charge is 0.462 e. The molecule has 0 spiro atoms. The van der Waals surface area contributed by atoms with Gasteiger partial charge in [-0.3, -0.25) is 0 Å². The summed E-state index contributed by atoms with van der Waals surface area (Å²) in [6.07, 6.45) is 1.57. The normalized spacial score (nSPS) is 19.9. The number of hydrogen-bond donors (Lipinski definition) is 1. The van der Waals surface area contributed by atoms with Gasteiger partial charge in [-0.25, -0.2) is 9.78 Å². The molecule has 6 nitrogen and oxygen atoms in total. The van der Waals surface area contributed by atoms with E-state index in [-0.39, 0.29) is 12.0 Å². The molecule has 2 heterocycles. The molecule has 1 fully saturated rings. The van der Waals surface area contributed by atoms with E-state index in [1.807, 2.05) is 6.07 Å². The van der Waals surface area contributed by atoms with Crippen molar-refractivity contribution in [3.63, 3.8) is 0 Å². The number of likely N-dealkylation sites (N-methyl/N-ethyl adjacent to an activating group) is 1. The molecular weight excluding hydrogens is 256 g/mol. The Labute approximate surface area is 119 Å². The topological polar surface area (TPSA) is 71.7 Å². The van der Waals surface area contributed by atoms with Crippen LogP contribution in [0.15, 0.2) is 18.3 Å². The number of nitrogens with zero attached hydrogens (tertiary/aromatic N) is 3. The van der Waals surface area contributed by atoms with Gasteiger partial charge in [-0.05, 0) is 26.1 Å². The number of hydrogen-bond acceptors (Lipinski definition) is 6. The maximum atomic E-state index is 11.6. The first kappa shape index (κ1) is 14.7. The molecule has 1 aromatic heterocycles. The number of ether oxygens (including phenoxy) is 1. The molecule has 1 atom stereocenters. The van der Waals surface area contributed by atoms with E-state index >= 15 is 0 Å². The molecule has 0 bridgehead atoms. The molecule has 1 aliphatic rings. The number of carbonyl (C=O) groups is 1. The lowest BCUT2D eigenvalue weighted by Crippen LogP contribution is -2.55. The first-order chi connectivity index (χ1) is 9.65. The summed E-state index contributed by atoms with van der Waals surface area (Å²) in [5.74, 6) is 0.530. The molecule has 20 heavy (non-hydrogen) atoms. The molecule has 0 radical (unpaired) electrons. The maximum Gasteiger partial charge on any atom is 0.339 e. The van der Waals surface area contributed by atoms with Crippen molar-refractivity contribution < 1.29 is 9.53 Å². The van der Waals surface area contributed by atoms with Crippen LogP contribution in [0.3, 0.4) is 0 Å². The summed E-state index contributed by atoms with van der Waals surface area (Å²) in [5.41, 5.74) is 6.32. The van der Waals surface area contributed by atoms with Crippen molar-refractivity contribution in [1.82, 2.24) is 9.88 Å². The lowest BCUT2D eigenvalue weighted by atomic mass is 10.1. The molecule has 0 saturated carbocycles. The molecule has 0 aromatic carbocycles. The van der Waals surface area contributed by atoms with Gasteiger partial charge in [0.1, 0.15) is 5.82 Å². The quantitative estimate of drug-likeness (QED) is 0.801. The summed E-state index contributed by atoms with van der Waals surface area (Å²) in [4.78, 5) is 20.4. The summed E-state index contributed by atoms with van der Waals surface area (Å²) >= 11 is 0. The van der Waals surface area contributed by atoms with Crippen LogP contribution < -0.4 is 10.6 Å². The number of esters is 1. The van der Waals surface area contributed by atoms with Crippen LogP contribution in [-0.2, 0) is 4.74 Å². The minimum Gasteiger partial charge on any atom is -0.462 e. The zero-order valence-corrected chi connectivity index (χ0v) is 12.1. The molecule has 6 heteroatoms. The summed E-state index contributed by atoms with van der Waals surface area (Å²) in [7, 11) is 2.09. The fourth-order valence-electron chi connectivity index (χ4n) is 2.41. The molecule has 0 amide bonds. The summed E-state index contributed by atoms with van der Waals surface area (Å²) in [6.45, 7) is 5.55. The number of nitrogens with two attached hydrogens (primary N) is 1. The standard InChI is InChI=1S/C14H22N4O2/c1-3-20-14(19)11-4-5-13(16-9-11)18-7-6-17(2)10-12(18)8-15/h4-5,9,12H,3,6-8,10,15H2,1-2H3. The van der Waals surface area contributed by atoms with Crippen molar-refractivity contribution in [2.45, 2.75) is 13.0 Å². The summed E-state index contributed by atoms with van der Waals surface area (Å²) < 4.78 is 4.95. The number of aromatic nitrogens is 1. The molecule has 2 rings (SSSR count). The highest BCUT2D eigenvalue weighted by Gasteiger charge is 2.25. The van der Waals surface area contributed by atoms with E-state index < -0.39 is 0 Å². The van der Waals surface area contributed by atoms with Gasteiger partial charge < -0.3 is 20.3 Å². The van der Waals surface area contributed by atoms with E-state index in [2.05, 4.69) is 21.8 Å². The van der Waals surface area contributed by atoms with Gasteiger partial charge >= 0.3 is 5.97 Å². The fourth-order valence-corrected chi connectivity index (χ4v) is 2.41. The SMILES string of the molecule is CCOC(=O)c1ccc(N2CCN(C)CC2CN)nc1. The molecule has 1 aromatic rings. The monoisotopic (exact) mass is 278 g/mol. The highest BCUT2D eigenvalue weighted by atomic mass is 16.5. The van der Waals surface area contributed by atoms with Gasteiger partial charge in [-0.2, -0.15) is 0 Å². The Kier molecular flexibility index (Phi) is 4.92. The number of anilines is 1. The van der Waals surface area contributed by atoms with Gasteiger partial charge in [0.25, 0.3) is 0 Å². The minimum atomic E-state index is -0.333. The van der Waals surface area contributed by atoms with Crippen LogP contribution in [0.2, 0.25) is 0 Å². The second kappa shape index (κ2) is 6.67. The van der Waals surface area contributed by atoms with Crippen molar-refractivity contribution >= 4 is 11.8 Å². The second-order valence-corrected chi connectivity index (χ2v) is 4.97. The average Bonchev–Trinajstić information content (AvgIpc) is 2.47. The van der Waals surface area contributed by atoms with Crippen molar-refractivity contribution in [1.29, 1.82) is 0 Å². The van der Waals surface area contributed by atoms with E-state index in [1.54, 1.807) is 19.2 Å². The van der Waals surface area contributed by atoms with Gasteiger partial charge in [-0.15, -0.1) is 0 Å².